The summed E-state index contributed by atoms with van der Waals surface area (Å²) in [5, 5.41) is 8.98. The summed E-state index contributed by atoms with van der Waals surface area (Å²) in [6.45, 7) is 6.05. The molecule has 2 aliphatic rings. The predicted octanol–water partition coefficient (Wildman–Crippen LogP) is 1.57. The first-order valence-corrected chi connectivity index (χ1v) is 7.79. The van der Waals surface area contributed by atoms with Gasteiger partial charge in [-0.1, -0.05) is 6.92 Å². The zero-order valence-electron chi connectivity index (χ0n) is 12.5. The number of rotatable bonds is 4. The fourth-order valence-corrected chi connectivity index (χ4v) is 3.48. The van der Waals surface area contributed by atoms with Crippen LogP contribution < -0.4 is 0 Å². The molecule has 2 aliphatic heterocycles. The van der Waals surface area contributed by atoms with E-state index in [-0.39, 0.29) is 11.8 Å². The number of amides is 1. The third-order valence-electron chi connectivity index (χ3n) is 4.94. The maximum atomic E-state index is 12.4. The summed E-state index contributed by atoms with van der Waals surface area (Å²) >= 11 is 0. The van der Waals surface area contributed by atoms with Crippen molar-refractivity contribution in [1.82, 2.24) is 9.80 Å². The van der Waals surface area contributed by atoms with Crippen molar-refractivity contribution in [2.45, 2.75) is 58.0 Å². The quantitative estimate of drug-likeness (QED) is 0.850. The lowest BCUT2D eigenvalue weighted by atomic mass is 9.97. The SMILES string of the molecule is CCC1CCC(C)N1CC(=O)N1CCC(C(=O)O)CC1. The van der Waals surface area contributed by atoms with Crippen LogP contribution in [0.4, 0.5) is 0 Å². The number of carboxylic acids is 1. The topological polar surface area (TPSA) is 60.9 Å². The standard InChI is InChI=1S/C15H26N2O3/c1-3-13-5-4-11(2)17(13)10-14(18)16-8-6-12(7-9-16)15(19)20/h11-13H,3-10H2,1-2H3,(H,19,20). The van der Waals surface area contributed by atoms with E-state index in [1.54, 1.807) is 0 Å². The molecule has 5 nitrogen and oxygen atoms in total. The summed E-state index contributed by atoms with van der Waals surface area (Å²) in [6.07, 6.45) is 4.64. The Morgan fingerprint density at radius 1 is 1.15 bits per heavy atom. The van der Waals surface area contributed by atoms with Crippen LogP contribution >= 0.6 is 0 Å². The normalized spacial score (nSPS) is 28.8. The third-order valence-corrected chi connectivity index (χ3v) is 4.94. The minimum absolute atomic E-state index is 0.168. The van der Waals surface area contributed by atoms with Gasteiger partial charge in [0.25, 0.3) is 0 Å². The molecule has 1 amide bonds. The van der Waals surface area contributed by atoms with Gasteiger partial charge in [-0.15, -0.1) is 0 Å². The molecule has 20 heavy (non-hydrogen) atoms. The molecule has 2 heterocycles. The summed E-state index contributed by atoms with van der Waals surface area (Å²) < 4.78 is 0. The van der Waals surface area contributed by atoms with Crippen LogP contribution in [0.1, 0.15) is 46.0 Å². The molecule has 2 rings (SSSR count). The van der Waals surface area contributed by atoms with E-state index in [9.17, 15) is 9.59 Å². The molecule has 0 aliphatic carbocycles. The van der Waals surface area contributed by atoms with E-state index < -0.39 is 5.97 Å². The number of nitrogens with zero attached hydrogens (tertiary/aromatic N) is 2. The molecule has 2 atom stereocenters. The van der Waals surface area contributed by atoms with Gasteiger partial charge in [0.15, 0.2) is 0 Å². The molecule has 0 aromatic heterocycles. The number of aliphatic carboxylic acids is 1. The molecule has 2 fully saturated rings. The maximum absolute atomic E-state index is 12.4. The van der Waals surface area contributed by atoms with E-state index in [0.29, 0.717) is 44.6 Å². The second-order valence-corrected chi connectivity index (χ2v) is 6.15. The first kappa shape index (κ1) is 15.3. The van der Waals surface area contributed by atoms with Gasteiger partial charge in [0, 0.05) is 25.2 Å². The van der Waals surface area contributed by atoms with Crippen molar-refractivity contribution >= 4 is 11.9 Å². The highest BCUT2D eigenvalue weighted by atomic mass is 16.4. The number of likely N-dealkylation sites (tertiary alicyclic amines) is 2. The summed E-state index contributed by atoms with van der Waals surface area (Å²) in [7, 11) is 0. The van der Waals surface area contributed by atoms with Gasteiger partial charge in [0.05, 0.1) is 12.5 Å². The number of hydrogen-bond donors (Lipinski definition) is 1. The molecule has 2 saturated heterocycles. The molecule has 1 N–H and O–H groups in total. The van der Waals surface area contributed by atoms with Crippen molar-refractivity contribution in [3.63, 3.8) is 0 Å². The van der Waals surface area contributed by atoms with Crippen molar-refractivity contribution in [1.29, 1.82) is 0 Å². The minimum Gasteiger partial charge on any atom is -0.481 e. The fourth-order valence-electron chi connectivity index (χ4n) is 3.48. The minimum atomic E-state index is -0.726. The largest absolute Gasteiger partial charge is 0.481 e. The highest BCUT2D eigenvalue weighted by Gasteiger charge is 2.33. The predicted molar refractivity (Wildman–Crippen MR) is 76.4 cm³/mol. The van der Waals surface area contributed by atoms with E-state index in [4.69, 9.17) is 5.11 Å². The van der Waals surface area contributed by atoms with Crippen molar-refractivity contribution in [2.75, 3.05) is 19.6 Å². The van der Waals surface area contributed by atoms with Gasteiger partial charge < -0.3 is 10.0 Å². The zero-order valence-corrected chi connectivity index (χ0v) is 12.5. The van der Waals surface area contributed by atoms with Crippen molar-refractivity contribution < 1.29 is 14.7 Å². The maximum Gasteiger partial charge on any atom is 0.306 e. The third kappa shape index (κ3) is 3.32. The first-order chi connectivity index (χ1) is 9.52. The van der Waals surface area contributed by atoms with Crippen molar-refractivity contribution in [3.8, 4) is 0 Å². The highest BCUT2D eigenvalue weighted by molar-refractivity contribution is 5.79. The van der Waals surface area contributed by atoms with Gasteiger partial charge in [-0.05, 0) is 39.0 Å². The number of carbonyl (C=O) groups is 2. The molecular formula is C15H26N2O3. The summed E-state index contributed by atoms with van der Waals surface area (Å²) in [5.74, 6) is -0.828. The van der Waals surface area contributed by atoms with Gasteiger partial charge in [0.2, 0.25) is 5.91 Å². The number of hydrogen-bond acceptors (Lipinski definition) is 3. The van der Waals surface area contributed by atoms with E-state index in [1.165, 1.54) is 12.8 Å². The molecule has 0 spiro atoms. The number of piperidine rings is 1. The van der Waals surface area contributed by atoms with E-state index in [0.717, 1.165) is 6.42 Å². The molecule has 2 unspecified atom stereocenters. The molecule has 0 aromatic rings. The van der Waals surface area contributed by atoms with Crippen LogP contribution in [-0.4, -0.2) is 58.5 Å². The monoisotopic (exact) mass is 282 g/mol. The Balaban J connectivity index is 1.85. The Morgan fingerprint density at radius 3 is 2.35 bits per heavy atom. The van der Waals surface area contributed by atoms with Crippen LogP contribution in [0, 0.1) is 5.92 Å². The Labute approximate surface area is 120 Å². The van der Waals surface area contributed by atoms with Gasteiger partial charge in [-0.3, -0.25) is 14.5 Å². The molecule has 0 saturated carbocycles. The average molecular weight is 282 g/mol. The fraction of sp³-hybridized carbons (Fsp3) is 0.867. The Hall–Kier alpha value is -1.10. The van der Waals surface area contributed by atoms with Gasteiger partial charge in [0.1, 0.15) is 0 Å². The lowest BCUT2D eigenvalue weighted by Crippen LogP contribution is -2.47. The van der Waals surface area contributed by atoms with Crippen LogP contribution in [0.5, 0.6) is 0 Å². The summed E-state index contributed by atoms with van der Waals surface area (Å²) in [4.78, 5) is 27.5. The van der Waals surface area contributed by atoms with Gasteiger partial charge >= 0.3 is 5.97 Å². The smallest absolute Gasteiger partial charge is 0.306 e. The van der Waals surface area contributed by atoms with Crippen LogP contribution in [-0.2, 0) is 9.59 Å². The van der Waals surface area contributed by atoms with Crippen molar-refractivity contribution in [2.24, 2.45) is 5.92 Å². The van der Waals surface area contributed by atoms with Gasteiger partial charge in [-0.2, -0.15) is 0 Å². The molecular weight excluding hydrogens is 256 g/mol. The number of carboxylic acid groups (broad SMARTS) is 1. The first-order valence-electron chi connectivity index (χ1n) is 7.79. The van der Waals surface area contributed by atoms with Crippen LogP contribution in [0.25, 0.3) is 0 Å². The zero-order chi connectivity index (χ0) is 14.7. The number of carbonyl (C=O) groups excluding carboxylic acids is 1. The summed E-state index contributed by atoms with van der Waals surface area (Å²) in [5.41, 5.74) is 0. The van der Waals surface area contributed by atoms with E-state index in [1.807, 2.05) is 4.90 Å². The van der Waals surface area contributed by atoms with E-state index >= 15 is 0 Å². The second-order valence-electron chi connectivity index (χ2n) is 6.15. The molecule has 5 heteroatoms. The van der Waals surface area contributed by atoms with Crippen LogP contribution in [0.2, 0.25) is 0 Å². The molecule has 0 bridgehead atoms. The van der Waals surface area contributed by atoms with Crippen LogP contribution in [0.15, 0.2) is 0 Å². The molecule has 0 aromatic carbocycles. The summed E-state index contributed by atoms with van der Waals surface area (Å²) in [6, 6.07) is 1.02. The van der Waals surface area contributed by atoms with Crippen LogP contribution in [0.3, 0.4) is 0 Å². The Kier molecular flexibility index (Phi) is 5.02. The van der Waals surface area contributed by atoms with E-state index in [2.05, 4.69) is 18.7 Å². The molecule has 0 radical (unpaired) electrons. The lowest BCUT2D eigenvalue weighted by Gasteiger charge is -2.34. The highest BCUT2D eigenvalue weighted by Crippen LogP contribution is 2.26. The Bertz CT molecular complexity index is 364. The molecule has 114 valence electrons. The lowest BCUT2D eigenvalue weighted by molar-refractivity contribution is -0.146. The second kappa shape index (κ2) is 6.57. The van der Waals surface area contributed by atoms with Gasteiger partial charge in [-0.25, -0.2) is 0 Å². The Morgan fingerprint density at radius 2 is 1.80 bits per heavy atom. The van der Waals surface area contributed by atoms with Crippen molar-refractivity contribution in [3.05, 3.63) is 0 Å². The average Bonchev–Trinajstić information content (AvgIpc) is 2.79.